The molecule has 0 spiro atoms. The number of halogens is 2. The molecular weight excluding hydrogens is 371 g/mol. The van der Waals surface area contributed by atoms with Gasteiger partial charge in [-0.15, -0.1) is 10.2 Å². The standard InChI is InChI=1S/C18H14Cl2N6/c1-2-26-15-6-4-3-5-13(15)16-17(26)22-18(25-23-16)24-21-10-11-7-8-12(19)9-14(11)20/h3-10H,2H2,1H3,(H,22,24,25)/b21-10+. The second-order valence-electron chi connectivity index (χ2n) is 5.60. The maximum atomic E-state index is 6.12. The van der Waals surface area contributed by atoms with Crippen LogP contribution in [0.2, 0.25) is 10.0 Å². The molecule has 0 amide bonds. The molecule has 0 aliphatic heterocycles. The molecule has 6 nitrogen and oxygen atoms in total. The first-order valence-electron chi connectivity index (χ1n) is 8.03. The Bertz CT molecular complexity index is 1140. The van der Waals surface area contributed by atoms with Crippen LogP contribution in [0.15, 0.2) is 47.6 Å². The molecule has 0 fully saturated rings. The van der Waals surface area contributed by atoms with Crippen LogP contribution in [0.3, 0.4) is 0 Å². The van der Waals surface area contributed by atoms with Crippen molar-refractivity contribution in [3.05, 3.63) is 58.1 Å². The Kier molecular flexibility index (Phi) is 4.44. The molecule has 8 heteroatoms. The van der Waals surface area contributed by atoms with Crippen LogP contribution in [-0.4, -0.2) is 26.0 Å². The molecule has 2 aromatic carbocycles. The summed E-state index contributed by atoms with van der Waals surface area (Å²) in [6, 6.07) is 13.2. The van der Waals surface area contributed by atoms with Gasteiger partial charge < -0.3 is 4.57 Å². The minimum Gasteiger partial charge on any atom is -0.324 e. The third-order valence-electron chi connectivity index (χ3n) is 4.02. The summed E-state index contributed by atoms with van der Waals surface area (Å²) in [6.07, 6.45) is 1.58. The lowest BCUT2D eigenvalue weighted by molar-refractivity contribution is 0.811. The van der Waals surface area contributed by atoms with E-state index in [1.807, 2.05) is 18.2 Å². The highest BCUT2D eigenvalue weighted by Crippen LogP contribution is 2.26. The zero-order valence-electron chi connectivity index (χ0n) is 13.8. The second kappa shape index (κ2) is 6.90. The van der Waals surface area contributed by atoms with E-state index in [0.717, 1.165) is 34.2 Å². The van der Waals surface area contributed by atoms with E-state index in [9.17, 15) is 0 Å². The molecule has 2 heterocycles. The summed E-state index contributed by atoms with van der Waals surface area (Å²) in [5.74, 6) is 0.316. The number of hydrogen-bond acceptors (Lipinski definition) is 5. The highest BCUT2D eigenvalue weighted by molar-refractivity contribution is 6.36. The Morgan fingerprint density at radius 2 is 2.00 bits per heavy atom. The zero-order chi connectivity index (χ0) is 18.1. The summed E-state index contributed by atoms with van der Waals surface area (Å²) in [4.78, 5) is 4.56. The number of hydrazone groups is 1. The van der Waals surface area contributed by atoms with Crippen molar-refractivity contribution in [2.45, 2.75) is 13.5 Å². The Labute approximate surface area is 159 Å². The Morgan fingerprint density at radius 1 is 1.15 bits per heavy atom. The summed E-state index contributed by atoms with van der Waals surface area (Å²) < 4.78 is 2.10. The third-order valence-corrected chi connectivity index (χ3v) is 4.58. The topological polar surface area (TPSA) is 68.0 Å². The maximum absolute atomic E-state index is 6.12. The van der Waals surface area contributed by atoms with E-state index < -0.39 is 0 Å². The fourth-order valence-corrected chi connectivity index (χ4v) is 3.29. The van der Waals surface area contributed by atoms with E-state index in [4.69, 9.17) is 23.2 Å². The van der Waals surface area contributed by atoms with Crippen molar-refractivity contribution in [2.75, 3.05) is 5.43 Å². The van der Waals surface area contributed by atoms with E-state index in [2.05, 4.69) is 43.3 Å². The number of nitrogens with zero attached hydrogens (tertiary/aromatic N) is 5. The molecule has 1 N–H and O–H groups in total. The number of hydrogen-bond donors (Lipinski definition) is 1. The number of fused-ring (bicyclic) bond motifs is 3. The molecule has 0 unspecified atom stereocenters. The minimum absolute atomic E-state index is 0.316. The number of nitrogens with one attached hydrogen (secondary N) is 1. The van der Waals surface area contributed by atoms with E-state index >= 15 is 0 Å². The van der Waals surface area contributed by atoms with Gasteiger partial charge in [-0.1, -0.05) is 47.5 Å². The van der Waals surface area contributed by atoms with Crippen LogP contribution in [0.25, 0.3) is 22.1 Å². The van der Waals surface area contributed by atoms with Crippen LogP contribution in [0.1, 0.15) is 12.5 Å². The summed E-state index contributed by atoms with van der Waals surface area (Å²) in [5, 5.41) is 14.7. The minimum atomic E-state index is 0.316. The molecule has 2 aromatic heterocycles. The zero-order valence-corrected chi connectivity index (χ0v) is 15.3. The molecule has 130 valence electrons. The monoisotopic (exact) mass is 384 g/mol. The average Bonchev–Trinajstić information content (AvgIpc) is 2.96. The van der Waals surface area contributed by atoms with E-state index in [-0.39, 0.29) is 0 Å². The van der Waals surface area contributed by atoms with E-state index in [1.165, 1.54) is 0 Å². The molecule has 0 aliphatic rings. The number of aromatic nitrogens is 4. The van der Waals surface area contributed by atoms with Gasteiger partial charge in [-0.3, -0.25) is 0 Å². The molecule has 0 radical (unpaired) electrons. The van der Waals surface area contributed by atoms with Gasteiger partial charge in [0.15, 0.2) is 5.65 Å². The van der Waals surface area contributed by atoms with E-state index in [0.29, 0.717) is 16.0 Å². The lowest BCUT2D eigenvalue weighted by Gasteiger charge is -2.02. The summed E-state index contributed by atoms with van der Waals surface area (Å²) >= 11 is 12.0. The summed E-state index contributed by atoms with van der Waals surface area (Å²) in [7, 11) is 0. The van der Waals surface area contributed by atoms with Crippen LogP contribution in [0, 0.1) is 0 Å². The van der Waals surface area contributed by atoms with Crippen molar-refractivity contribution < 1.29 is 0 Å². The molecule has 4 aromatic rings. The second-order valence-corrected chi connectivity index (χ2v) is 6.45. The predicted molar refractivity (Wildman–Crippen MR) is 106 cm³/mol. The van der Waals surface area contributed by atoms with Crippen molar-refractivity contribution in [3.8, 4) is 0 Å². The first-order chi connectivity index (χ1) is 12.7. The smallest absolute Gasteiger partial charge is 0.265 e. The van der Waals surface area contributed by atoms with Gasteiger partial charge in [0.1, 0.15) is 5.52 Å². The van der Waals surface area contributed by atoms with Crippen molar-refractivity contribution >= 4 is 57.4 Å². The molecule has 4 rings (SSSR count). The quantitative estimate of drug-likeness (QED) is 0.407. The predicted octanol–water partition coefficient (Wildman–Crippen LogP) is 4.75. The van der Waals surface area contributed by atoms with Crippen LogP contribution in [-0.2, 0) is 6.54 Å². The number of benzene rings is 2. The number of rotatable bonds is 4. The highest BCUT2D eigenvalue weighted by atomic mass is 35.5. The first-order valence-corrected chi connectivity index (χ1v) is 8.78. The van der Waals surface area contributed by atoms with Crippen molar-refractivity contribution in [3.63, 3.8) is 0 Å². The van der Waals surface area contributed by atoms with Crippen molar-refractivity contribution in [1.29, 1.82) is 0 Å². The number of aryl methyl sites for hydroxylation is 1. The van der Waals surface area contributed by atoms with Gasteiger partial charge in [-0.2, -0.15) is 10.1 Å². The Balaban J connectivity index is 1.67. The Morgan fingerprint density at radius 3 is 2.81 bits per heavy atom. The normalized spacial score (nSPS) is 11.7. The first kappa shape index (κ1) is 16.8. The van der Waals surface area contributed by atoms with Gasteiger partial charge in [-0.25, -0.2) is 5.43 Å². The lowest BCUT2D eigenvalue weighted by atomic mass is 10.2. The van der Waals surface area contributed by atoms with Crippen molar-refractivity contribution in [1.82, 2.24) is 19.7 Å². The molecule has 0 bridgehead atoms. The maximum Gasteiger partial charge on any atom is 0.265 e. The number of anilines is 1. The fourth-order valence-electron chi connectivity index (χ4n) is 2.84. The molecule has 0 aliphatic carbocycles. The SMILES string of the molecule is CCn1c2ccccc2c2nnc(N/N=C/c3ccc(Cl)cc3Cl)nc21. The van der Waals surface area contributed by atoms with Gasteiger partial charge in [0, 0.05) is 22.5 Å². The summed E-state index contributed by atoms with van der Waals surface area (Å²) in [5.41, 5.74) is 6.17. The van der Waals surface area contributed by atoms with E-state index in [1.54, 1.807) is 24.4 Å². The molecule has 0 saturated heterocycles. The molecular formula is C18H14Cl2N6. The van der Waals surface area contributed by atoms with Gasteiger partial charge in [-0.05, 0) is 25.1 Å². The van der Waals surface area contributed by atoms with Gasteiger partial charge in [0.05, 0.1) is 16.8 Å². The lowest BCUT2D eigenvalue weighted by Crippen LogP contribution is -2.02. The molecule has 26 heavy (non-hydrogen) atoms. The summed E-state index contributed by atoms with van der Waals surface area (Å²) in [6.45, 7) is 2.85. The largest absolute Gasteiger partial charge is 0.324 e. The van der Waals surface area contributed by atoms with Crippen LogP contribution >= 0.6 is 23.2 Å². The van der Waals surface area contributed by atoms with Crippen molar-refractivity contribution in [2.24, 2.45) is 5.10 Å². The molecule has 0 atom stereocenters. The Hall–Kier alpha value is -2.70. The number of para-hydroxylation sites is 1. The van der Waals surface area contributed by atoms with Crippen LogP contribution < -0.4 is 5.43 Å². The fraction of sp³-hybridized carbons (Fsp3) is 0.111. The third kappa shape index (κ3) is 2.98. The van der Waals surface area contributed by atoms with Gasteiger partial charge in [0.2, 0.25) is 0 Å². The molecule has 0 saturated carbocycles. The van der Waals surface area contributed by atoms with Crippen LogP contribution in [0.4, 0.5) is 5.95 Å². The van der Waals surface area contributed by atoms with Gasteiger partial charge in [0.25, 0.3) is 5.95 Å². The van der Waals surface area contributed by atoms with Crippen LogP contribution in [0.5, 0.6) is 0 Å². The van der Waals surface area contributed by atoms with Gasteiger partial charge >= 0.3 is 0 Å². The highest BCUT2D eigenvalue weighted by Gasteiger charge is 2.13. The average molecular weight is 385 g/mol.